The molecule has 126 valence electrons. The Labute approximate surface area is 146 Å². The van der Waals surface area contributed by atoms with E-state index >= 15 is 0 Å². The molecule has 0 radical (unpaired) electrons. The lowest BCUT2D eigenvalue weighted by Crippen LogP contribution is -2.30. The van der Waals surface area contributed by atoms with Crippen LogP contribution in [0.25, 0.3) is 10.8 Å². The molecule has 0 spiro atoms. The zero-order valence-electron chi connectivity index (χ0n) is 14.2. The van der Waals surface area contributed by atoms with E-state index in [4.69, 9.17) is 4.74 Å². The number of anilines is 1. The molecule has 0 unspecified atom stereocenters. The van der Waals surface area contributed by atoms with Gasteiger partial charge >= 0.3 is 0 Å². The average Bonchev–Trinajstić information content (AvgIpc) is 2.63. The zero-order valence-corrected chi connectivity index (χ0v) is 14.2. The second-order valence-corrected chi connectivity index (χ2v) is 5.93. The van der Waals surface area contributed by atoms with E-state index in [9.17, 15) is 9.59 Å². The monoisotopic (exact) mass is 333 g/mol. The maximum atomic E-state index is 12.3. The van der Waals surface area contributed by atoms with Crippen molar-refractivity contribution in [3.05, 3.63) is 71.8 Å². The number of benzene rings is 3. The number of ether oxygens (including phenoxy) is 1. The topological polar surface area (TPSA) is 55.4 Å². The van der Waals surface area contributed by atoms with Gasteiger partial charge in [-0.05, 0) is 42.8 Å². The molecule has 1 N–H and O–H groups in total. The lowest BCUT2D eigenvalue weighted by atomic mass is 10.0. The van der Waals surface area contributed by atoms with E-state index in [-0.39, 0.29) is 5.91 Å². The largest absolute Gasteiger partial charge is 0.480 e. The van der Waals surface area contributed by atoms with Crippen LogP contribution in [0.3, 0.4) is 0 Å². The molecule has 0 saturated heterocycles. The van der Waals surface area contributed by atoms with Crippen LogP contribution in [0, 0.1) is 6.92 Å². The first-order chi connectivity index (χ1) is 12.1. The van der Waals surface area contributed by atoms with Gasteiger partial charge in [0.15, 0.2) is 12.4 Å². The predicted octanol–water partition coefficient (Wildman–Crippen LogP) is 4.37. The third-order valence-electron chi connectivity index (χ3n) is 4.04. The van der Waals surface area contributed by atoms with Gasteiger partial charge in [-0.25, -0.2) is 0 Å². The van der Waals surface area contributed by atoms with Crippen molar-refractivity contribution in [3.63, 3.8) is 0 Å². The third-order valence-corrected chi connectivity index (χ3v) is 4.04. The maximum absolute atomic E-state index is 12.3. The van der Waals surface area contributed by atoms with Crippen molar-refractivity contribution in [2.24, 2.45) is 0 Å². The van der Waals surface area contributed by atoms with Crippen molar-refractivity contribution in [3.8, 4) is 5.75 Å². The third kappa shape index (κ3) is 3.69. The Morgan fingerprint density at radius 2 is 1.76 bits per heavy atom. The fourth-order valence-corrected chi connectivity index (χ4v) is 2.62. The van der Waals surface area contributed by atoms with Gasteiger partial charge in [0.1, 0.15) is 5.75 Å². The molecule has 25 heavy (non-hydrogen) atoms. The van der Waals surface area contributed by atoms with Crippen LogP contribution >= 0.6 is 0 Å². The van der Waals surface area contributed by atoms with E-state index in [0.29, 0.717) is 17.0 Å². The number of fused-ring (bicyclic) bond motifs is 1. The number of carbonyl (C=O) groups is 2. The van der Waals surface area contributed by atoms with E-state index in [1.165, 1.54) is 0 Å². The van der Waals surface area contributed by atoms with E-state index in [1.54, 1.807) is 13.0 Å². The van der Waals surface area contributed by atoms with Crippen molar-refractivity contribution >= 4 is 28.7 Å². The summed E-state index contributed by atoms with van der Waals surface area (Å²) in [5, 5.41) is 4.57. The molecule has 3 rings (SSSR count). The van der Waals surface area contributed by atoms with Gasteiger partial charge < -0.3 is 10.1 Å². The Kier molecular flexibility index (Phi) is 4.80. The Balaban J connectivity index is 1.79. The highest BCUT2D eigenvalue weighted by Gasteiger charge is 2.17. The SMILES string of the molecule is Cc1ccc(NC(=O)[C@H](C)Oc2ccc3ccccc3c2C=O)cc1. The number of aldehydes is 1. The van der Waals surface area contributed by atoms with Gasteiger partial charge in [0.25, 0.3) is 5.91 Å². The molecule has 0 saturated carbocycles. The van der Waals surface area contributed by atoms with Gasteiger partial charge in [-0.3, -0.25) is 9.59 Å². The molecule has 4 nitrogen and oxygen atoms in total. The highest BCUT2D eigenvalue weighted by Crippen LogP contribution is 2.27. The minimum atomic E-state index is -0.735. The van der Waals surface area contributed by atoms with E-state index < -0.39 is 6.10 Å². The number of aryl methyl sites for hydroxylation is 1. The number of nitrogens with one attached hydrogen (secondary N) is 1. The number of carbonyl (C=O) groups excluding carboxylic acids is 2. The molecule has 0 bridgehead atoms. The van der Waals surface area contributed by atoms with Crippen molar-refractivity contribution in [2.45, 2.75) is 20.0 Å². The molecule has 4 heteroatoms. The van der Waals surface area contributed by atoms with Crippen LogP contribution < -0.4 is 10.1 Å². The summed E-state index contributed by atoms with van der Waals surface area (Å²) in [4.78, 5) is 23.9. The Bertz CT molecular complexity index is 916. The van der Waals surface area contributed by atoms with Crippen LogP contribution in [0.15, 0.2) is 60.7 Å². The van der Waals surface area contributed by atoms with E-state index in [1.807, 2.05) is 61.5 Å². The van der Waals surface area contributed by atoms with Crippen molar-refractivity contribution < 1.29 is 14.3 Å². The minimum Gasteiger partial charge on any atom is -0.480 e. The molecule has 3 aromatic rings. The Morgan fingerprint density at radius 3 is 2.48 bits per heavy atom. The van der Waals surface area contributed by atoms with E-state index in [0.717, 1.165) is 22.6 Å². The van der Waals surface area contributed by atoms with Crippen LogP contribution in [-0.2, 0) is 4.79 Å². The van der Waals surface area contributed by atoms with Gasteiger partial charge in [-0.1, -0.05) is 48.0 Å². The lowest BCUT2D eigenvalue weighted by molar-refractivity contribution is -0.122. The molecular weight excluding hydrogens is 314 g/mol. The summed E-state index contributed by atoms with van der Waals surface area (Å²) in [7, 11) is 0. The highest BCUT2D eigenvalue weighted by molar-refractivity contribution is 6.01. The highest BCUT2D eigenvalue weighted by atomic mass is 16.5. The number of hydrogen-bond acceptors (Lipinski definition) is 3. The average molecular weight is 333 g/mol. The summed E-state index contributed by atoms with van der Waals surface area (Å²) in [5.41, 5.74) is 2.28. The number of amides is 1. The summed E-state index contributed by atoms with van der Waals surface area (Å²) >= 11 is 0. The molecule has 0 aromatic heterocycles. The van der Waals surface area contributed by atoms with Crippen LogP contribution in [0.4, 0.5) is 5.69 Å². The summed E-state index contributed by atoms with van der Waals surface area (Å²) in [6.45, 7) is 3.64. The molecule has 0 fully saturated rings. The smallest absolute Gasteiger partial charge is 0.265 e. The first kappa shape index (κ1) is 16.7. The minimum absolute atomic E-state index is 0.270. The summed E-state index contributed by atoms with van der Waals surface area (Å²) in [6, 6.07) is 18.7. The lowest BCUT2D eigenvalue weighted by Gasteiger charge is -2.17. The van der Waals surface area contributed by atoms with Gasteiger partial charge in [0.2, 0.25) is 0 Å². The first-order valence-electron chi connectivity index (χ1n) is 8.09. The number of rotatable bonds is 5. The molecule has 1 atom stereocenters. The van der Waals surface area contributed by atoms with Gasteiger partial charge in [-0.2, -0.15) is 0 Å². The molecular formula is C21H19NO3. The quantitative estimate of drug-likeness (QED) is 0.706. The van der Waals surface area contributed by atoms with Crippen LogP contribution in [0.2, 0.25) is 0 Å². The van der Waals surface area contributed by atoms with Gasteiger partial charge in [0, 0.05) is 5.69 Å². The van der Waals surface area contributed by atoms with E-state index in [2.05, 4.69) is 5.32 Å². The van der Waals surface area contributed by atoms with Gasteiger partial charge in [0.05, 0.1) is 5.56 Å². The standard InChI is InChI=1S/C21H19NO3/c1-14-7-10-17(11-8-14)22-21(24)15(2)25-20-12-9-16-5-3-4-6-18(16)19(20)13-23/h3-13,15H,1-2H3,(H,22,24)/t15-/m0/s1. The second kappa shape index (κ2) is 7.18. The molecule has 3 aromatic carbocycles. The zero-order chi connectivity index (χ0) is 17.8. The Morgan fingerprint density at radius 1 is 1.04 bits per heavy atom. The van der Waals surface area contributed by atoms with Crippen LogP contribution in [0.5, 0.6) is 5.75 Å². The fraction of sp³-hybridized carbons (Fsp3) is 0.143. The molecule has 0 aliphatic rings. The molecule has 1 amide bonds. The van der Waals surface area contributed by atoms with Crippen LogP contribution in [0.1, 0.15) is 22.8 Å². The molecule has 0 heterocycles. The predicted molar refractivity (Wildman–Crippen MR) is 99.2 cm³/mol. The molecule has 0 aliphatic carbocycles. The summed E-state index contributed by atoms with van der Waals surface area (Å²) in [5.74, 6) is 0.133. The number of hydrogen-bond donors (Lipinski definition) is 1. The second-order valence-electron chi connectivity index (χ2n) is 5.93. The summed E-state index contributed by atoms with van der Waals surface area (Å²) < 4.78 is 5.76. The fourth-order valence-electron chi connectivity index (χ4n) is 2.62. The van der Waals surface area contributed by atoms with Crippen molar-refractivity contribution in [2.75, 3.05) is 5.32 Å². The molecule has 0 aliphatic heterocycles. The summed E-state index contributed by atoms with van der Waals surface area (Å²) in [6.07, 6.45) is 0.0311. The Hall–Kier alpha value is -3.14. The first-order valence-corrected chi connectivity index (χ1v) is 8.09. The van der Waals surface area contributed by atoms with Crippen LogP contribution in [-0.4, -0.2) is 18.3 Å². The van der Waals surface area contributed by atoms with Crippen molar-refractivity contribution in [1.82, 2.24) is 0 Å². The normalized spacial score (nSPS) is 11.8. The van der Waals surface area contributed by atoms with Gasteiger partial charge in [-0.15, -0.1) is 0 Å². The van der Waals surface area contributed by atoms with Crippen molar-refractivity contribution in [1.29, 1.82) is 0 Å². The maximum Gasteiger partial charge on any atom is 0.265 e.